The molecule has 116 valence electrons. The Balaban J connectivity index is 2.02. The average molecular weight is 361 g/mol. The summed E-state index contributed by atoms with van der Waals surface area (Å²) in [5.74, 6) is 1.31. The number of carbonyl (C=O) groups excluding carboxylic acids is 1. The van der Waals surface area contributed by atoms with Crippen molar-refractivity contribution >= 4 is 21.7 Å². The number of ether oxygens (including phenoxy) is 1. The van der Waals surface area contributed by atoms with Crippen molar-refractivity contribution in [2.24, 2.45) is 5.92 Å². The molecule has 0 fully saturated rings. The molecule has 0 heterocycles. The van der Waals surface area contributed by atoms with E-state index in [1.54, 1.807) is 0 Å². The maximum Gasteiger partial charge on any atom is 0.176 e. The van der Waals surface area contributed by atoms with Crippen LogP contribution in [0.5, 0.6) is 5.75 Å². The molecular weight excluding hydrogens is 340 g/mol. The third-order valence-electron chi connectivity index (χ3n) is 3.33. The van der Waals surface area contributed by atoms with Gasteiger partial charge in [0.25, 0.3) is 0 Å². The van der Waals surface area contributed by atoms with Crippen LogP contribution in [-0.2, 0) is 6.61 Å². The van der Waals surface area contributed by atoms with Crippen LogP contribution in [0.25, 0.3) is 0 Å². The lowest BCUT2D eigenvalue weighted by Gasteiger charge is -2.12. The number of ketones is 1. The van der Waals surface area contributed by atoms with Gasteiger partial charge in [-0.15, -0.1) is 0 Å². The zero-order valence-electron chi connectivity index (χ0n) is 13.0. The van der Waals surface area contributed by atoms with E-state index in [1.807, 2.05) is 54.6 Å². The van der Waals surface area contributed by atoms with E-state index >= 15 is 0 Å². The largest absolute Gasteiger partial charge is 0.489 e. The highest BCUT2D eigenvalue weighted by Gasteiger charge is 2.18. The molecule has 0 aliphatic carbocycles. The molecule has 0 N–H and O–H groups in total. The topological polar surface area (TPSA) is 26.3 Å². The molecule has 0 aliphatic heterocycles. The van der Waals surface area contributed by atoms with E-state index in [2.05, 4.69) is 29.8 Å². The fourth-order valence-corrected chi connectivity index (χ4v) is 3.19. The summed E-state index contributed by atoms with van der Waals surface area (Å²) in [6.07, 6.45) is 0.827. The Morgan fingerprint density at radius 1 is 1.09 bits per heavy atom. The average Bonchev–Trinajstić information content (AvgIpc) is 2.53. The van der Waals surface area contributed by atoms with Crippen molar-refractivity contribution in [2.75, 3.05) is 0 Å². The number of carbonyl (C=O) groups is 1. The van der Waals surface area contributed by atoms with Crippen molar-refractivity contribution < 1.29 is 9.53 Å². The summed E-state index contributed by atoms with van der Waals surface area (Å²) in [4.78, 5) is 12.3. The van der Waals surface area contributed by atoms with Crippen LogP contribution in [0, 0.1) is 5.92 Å². The summed E-state index contributed by atoms with van der Waals surface area (Å²) in [6, 6.07) is 17.4. The second-order valence-corrected chi connectivity index (χ2v) is 6.87. The first-order valence-corrected chi connectivity index (χ1v) is 8.43. The van der Waals surface area contributed by atoms with E-state index in [4.69, 9.17) is 4.74 Å². The number of halogens is 1. The summed E-state index contributed by atoms with van der Waals surface area (Å²) in [6.45, 7) is 4.73. The van der Waals surface area contributed by atoms with Crippen molar-refractivity contribution in [3.05, 3.63) is 65.7 Å². The maximum absolute atomic E-state index is 12.4. The zero-order chi connectivity index (χ0) is 15.9. The minimum atomic E-state index is -0.142. The van der Waals surface area contributed by atoms with Crippen molar-refractivity contribution in [1.82, 2.24) is 0 Å². The van der Waals surface area contributed by atoms with Gasteiger partial charge in [0.1, 0.15) is 12.4 Å². The lowest BCUT2D eigenvalue weighted by Crippen LogP contribution is -2.16. The number of hydrogen-bond donors (Lipinski definition) is 0. The van der Waals surface area contributed by atoms with Crippen LogP contribution in [0.3, 0.4) is 0 Å². The van der Waals surface area contributed by atoms with E-state index in [9.17, 15) is 4.79 Å². The van der Waals surface area contributed by atoms with Crippen molar-refractivity contribution in [3.63, 3.8) is 0 Å². The number of Topliss-reactive ketones (excluding diaryl/α,β-unsaturated/α-hetero) is 1. The molecule has 0 amide bonds. The van der Waals surface area contributed by atoms with Gasteiger partial charge in [-0.3, -0.25) is 4.79 Å². The molecule has 0 aromatic heterocycles. The van der Waals surface area contributed by atoms with Gasteiger partial charge in [-0.1, -0.05) is 72.2 Å². The Labute approximate surface area is 140 Å². The van der Waals surface area contributed by atoms with Gasteiger partial charge in [0.05, 0.1) is 4.83 Å². The van der Waals surface area contributed by atoms with E-state index in [0.717, 1.165) is 17.7 Å². The monoisotopic (exact) mass is 360 g/mol. The van der Waals surface area contributed by atoms with Crippen LogP contribution in [0.15, 0.2) is 54.6 Å². The van der Waals surface area contributed by atoms with E-state index in [1.165, 1.54) is 0 Å². The van der Waals surface area contributed by atoms with Crippen molar-refractivity contribution in [2.45, 2.75) is 31.7 Å². The summed E-state index contributed by atoms with van der Waals surface area (Å²) >= 11 is 3.49. The Kier molecular flexibility index (Phi) is 6.20. The molecule has 0 radical (unpaired) electrons. The molecule has 0 saturated carbocycles. The normalized spacial score (nSPS) is 12.2. The quantitative estimate of drug-likeness (QED) is 0.497. The van der Waals surface area contributed by atoms with Crippen LogP contribution in [0.2, 0.25) is 0 Å². The molecule has 1 unspecified atom stereocenters. The molecule has 2 rings (SSSR count). The fraction of sp³-hybridized carbons (Fsp3) is 0.316. The molecule has 0 spiro atoms. The number of hydrogen-bond acceptors (Lipinski definition) is 2. The summed E-state index contributed by atoms with van der Waals surface area (Å²) in [5, 5.41) is 0. The molecule has 0 aliphatic rings. The highest BCUT2D eigenvalue weighted by molar-refractivity contribution is 9.10. The Morgan fingerprint density at radius 2 is 1.82 bits per heavy atom. The van der Waals surface area contributed by atoms with Gasteiger partial charge < -0.3 is 4.74 Å². The van der Waals surface area contributed by atoms with Crippen LogP contribution >= 0.6 is 15.9 Å². The smallest absolute Gasteiger partial charge is 0.176 e. The summed E-state index contributed by atoms with van der Waals surface area (Å²) in [7, 11) is 0. The zero-order valence-corrected chi connectivity index (χ0v) is 14.5. The Bertz CT molecular complexity index is 608. The van der Waals surface area contributed by atoms with Crippen LogP contribution in [0.4, 0.5) is 0 Å². The fourth-order valence-electron chi connectivity index (χ4n) is 2.18. The predicted octanol–water partition coefficient (Wildman–Crippen LogP) is 5.26. The minimum Gasteiger partial charge on any atom is -0.489 e. The molecule has 22 heavy (non-hydrogen) atoms. The van der Waals surface area contributed by atoms with E-state index in [0.29, 0.717) is 18.1 Å². The number of benzene rings is 2. The van der Waals surface area contributed by atoms with E-state index < -0.39 is 0 Å². The highest BCUT2D eigenvalue weighted by Crippen LogP contribution is 2.21. The SMILES string of the molecule is CC(C)CC(Br)C(=O)c1cccc(OCc2ccccc2)c1. The second-order valence-electron chi connectivity index (χ2n) is 5.76. The standard InChI is InChI=1S/C19H21BrO2/c1-14(2)11-18(20)19(21)16-9-6-10-17(12-16)22-13-15-7-4-3-5-8-15/h3-10,12,14,18H,11,13H2,1-2H3. The van der Waals surface area contributed by atoms with Gasteiger partial charge in [0, 0.05) is 5.56 Å². The molecule has 2 aromatic carbocycles. The number of rotatable bonds is 7. The highest BCUT2D eigenvalue weighted by atomic mass is 79.9. The second kappa shape index (κ2) is 8.14. The third-order valence-corrected chi connectivity index (χ3v) is 4.12. The van der Waals surface area contributed by atoms with Crippen LogP contribution in [-0.4, -0.2) is 10.6 Å². The lowest BCUT2D eigenvalue weighted by molar-refractivity contribution is 0.0984. The first kappa shape index (κ1) is 16.8. The van der Waals surface area contributed by atoms with Gasteiger partial charge in [-0.05, 0) is 30.0 Å². The molecule has 0 saturated heterocycles. The van der Waals surface area contributed by atoms with Crippen LogP contribution < -0.4 is 4.74 Å². The Morgan fingerprint density at radius 3 is 2.50 bits per heavy atom. The summed E-state index contributed by atoms with van der Waals surface area (Å²) in [5.41, 5.74) is 1.80. The summed E-state index contributed by atoms with van der Waals surface area (Å²) < 4.78 is 5.78. The molecule has 1 atom stereocenters. The predicted molar refractivity (Wildman–Crippen MR) is 93.7 cm³/mol. The maximum atomic E-state index is 12.4. The van der Waals surface area contributed by atoms with Gasteiger partial charge in [-0.25, -0.2) is 0 Å². The number of alkyl halides is 1. The van der Waals surface area contributed by atoms with Gasteiger partial charge >= 0.3 is 0 Å². The molecule has 2 aromatic rings. The molecular formula is C19H21BrO2. The molecule has 0 bridgehead atoms. The lowest BCUT2D eigenvalue weighted by atomic mass is 10.0. The van der Waals surface area contributed by atoms with Crippen molar-refractivity contribution in [3.8, 4) is 5.75 Å². The van der Waals surface area contributed by atoms with Gasteiger partial charge in [-0.2, -0.15) is 0 Å². The van der Waals surface area contributed by atoms with Crippen molar-refractivity contribution in [1.29, 1.82) is 0 Å². The third kappa shape index (κ3) is 4.99. The van der Waals surface area contributed by atoms with E-state index in [-0.39, 0.29) is 10.6 Å². The molecule has 2 nitrogen and oxygen atoms in total. The molecule has 3 heteroatoms. The minimum absolute atomic E-state index is 0.110. The van der Waals surface area contributed by atoms with Crippen LogP contribution in [0.1, 0.15) is 36.2 Å². The van der Waals surface area contributed by atoms with Gasteiger partial charge in [0.15, 0.2) is 5.78 Å². The Hall–Kier alpha value is -1.61. The first-order chi connectivity index (χ1) is 10.6. The van der Waals surface area contributed by atoms with Gasteiger partial charge in [0.2, 0.25) is 0 Å². The first-order valence-electron chi connectivity index (χ1n) is 7.51.